The van der Waals surface area contributed by atoms with Gasteiger partial charge in [-0.15, -0.1) is 0 Å². The summed E-state index contributed by atoms with van der Waals surface area (Å²) in [5.41, 5.74) is 0.987. The number of hydrogen-bond acceptors (Lipinski definition) is 2. The Morgan fingerprint density at radius 3 is 2.50 bits per heavy atom. The molecule has 2 rings (SSSR count). The third-order valence-corrected chi connectivity index (χ3v) is 2.44. The zero-order valence-electron chi connectivity index (χ0n) is 9.25. The lowest BCUT2D eigenvalue weighted by molar-refractivity contribution is -0.164. The van der Waals surface area contributed by atoms with Crippen molar-refractivity contribution in [3.05, 3.63) is 48.3 Å². The molecule has 0 spiro atoms. The molecule has 0 saturated carbocycles. The molecule has 0 fully saturated rings. The Kier molecular flexibility index (Phi) is 3.10. The summed E-state index contributed by atoms with van der Waals surface area (Å²) >= 11 is 0. The van der Waals surface area contributed by atoms with Gasteiger partial charge in [-0.3, -0.25) is 0 Å². The molecule has 1 aromatic carbocycles. The molecular weight excluding hydrogens is 242 g/mol. The number of carboxylic acids is 1. The number of rotatable bonds is 4. The number of carbonyl (C=O) groups is 1. The van der Waals surface area contributed by atoms with E-state index in [0.29, 0.717) is 0 Å². The van der Waals surface area contributed by atoms with Crippen molar-refractivity contribution < 1.29 is 18.7 Å². The minimum absolute atomic E-state index is 0.262. The second kappa shape index (κ2) is 4.56. The third kappa shape index (κ3) is 2.53. The molecule has 4 nitrogen and oxygen atoms in total. The van der Waals surface area contributed by atoms with Crippen molar-refractivity contribution in [2.24, 2.45) is 0 Å². The smallest absolute Gasteiger partial charge is 0.374 e. The Balaban J connectivity index is 2.16. The molecule has 6 heteroatoms. The van der Waals surface area contributed by atoms with E-state index in [-0.39, 0.29) is 5.56 Å². The molecule has 0 amide bonds. The van der Waals surface area contributed by atoms with Crippen molar-refractivity contribution in [1.82, 2.24) is 9.78 Å². The lowest BCUT2D eigenvalue weighted by atomic mass is 10.1. The van der Waals surface area contributed by atoms with Gasteiger partial charge in [0.05, 0.1) is 5.69 Å². The first-order valence-electron chi connectivity index (χ1n) is 5.19. The van der Waals surface area contributed by atoms with E-state index in [4.69, 9.17) is 5.11 Å². The van der Waals surface area contributed by atoms with Gasteiger partial charge in [0, 0.05) is 18.8 Å². The molecule has 0 aliphatic carbocycles. The van der Waals surface area contributed by atoms with Crippen LogP contribution in [0.1, 0.15) is 5.56 Å². The average Bonchev–Trinajstić information content (AvgIpc) is 2.83. The Morgan fingerprint density at radius 2 is 2.00 bits per heavy atom. The Labute approximate surface area is 101 Å². The second-order valence-corrected chi connectivity index (χ2v) is 3.80. The highest BCUT2D eigenvalue weighted by Crippen LogP contribution is 2.21. The highest BCUT2D eigenvalue weighted by atomic mass is 19.3. The van der Waals surface area contributed by atoms with Crippen LogP contribution >= 0.6 is 0 Å². The number of alkyl halides is 2. The summed E-state index contributed by atoms with van der Waals surface area (Å²) in [4.78, 5) is 10.3. The van der Waals surface area contributed by atoms with Crippen molar-refractivity contribution >= 4 is 5.97 Å². The number of nitrogens with zero attached hydrogens (tertiary/aromatic N) is 2. The largest absolute Gasteiger partial charge is 0.477 e. The van der Waals surface area contributed by atoms with Crippen LogP contribution in [-0.4, -0.2) is 26.8 Å². The number of benzene rings is 1. The maximum atomic E-state index is 13.0. The molecule has 0 aliphatic heterocycles. The topological polar surface area (TPSA) is 55.1 Å². The third-order valence-electron chi connectivity index (χ3n) is 2.44. The van der Waals surface area contributed by atoms with E-state index in [1.54, 1.807) is 35.3 Å². The first kappa shape index (κ1) is 12.2. The fraction of sp³-hybridized carbons (Fsp3) is 0.167. The van der Waals surface area contributed by atoms with Crippen LogP contribution in [-0.2, 0) is 11.2 Å². The summed E-state index contributed by atoms with van der Waals surface area (Å²) in [7, 11) is 0. The summed E-state index contributed by atoms with van der Waals surface area (Å²) < 4.78 is 27.6. The monoisotopic (exact) mass is 252 g/mol. The summed E-state index contributed by atoms with van der Waals surface area (Å²) in [5.74, 6) is -5.86. The standard InChI is InChI=1S/C12H10F2N2O2/c13-12(14,11(17)18)8-9-2-4-10(5-3-9)16-7-1-6-15-16/h1-7H,8H2,(H,17,18). The minimum atomic E-state index is -3.74. The van der Waals surface area contributed by atoms with E-state index < -0.39 is 18.3 Å². The van der Waals surface area contributed by atoms with Crippen LogP contribution in [0.25, 0.3) is 5.69 Å². The molecule has 18 heavy (non-hydrogen) atoms. The predicted octanol–water partition coefficient (Wildman–Crippen LogP) is 2.13. The van der Waals surface area contributed by atoms with Gasteiger partial charge in [-0.25, -0.2) is 9.48 Å². The molecule has 0 unspecified atom stereocenters. The van der Waals surface area contributed by atoms with Gasteiger partial charge in [-0.05, 0) is 23.8 Å². The number of aromatic nitrogens is 2. The van der Waals surface area contributed by atoms with E-state index >= 15 is 0 Å². The summed E-state index contributed by atoms with van der Waals surface area (Å²) in [6, 6.07) is 7.90. The molecule has 0 saturated heterocycles. The lowest BCUT2D eigenvalue weighted by Gasteiger charge is -2.11. The Bertz CT molecular complexity index is 536. The fourth-order valence-corrected chi connectivity index (χ4v) is 1.52. The second-order valence-electron chi connectivity index (χ2n) is 3.80. The molecule has 1 heterocycles. The average molecular weight is 252 g/mol. The van der Waals surface area contributed by atoms with Gasteiger partial charge in [-0.2, -0.15) is 13.9 Å². The van der Waals surface area contributed by atoms with Crippen molar-refractivity contribution in [2.45, 2.75) is 12.3 Å². The molecule has 0 aliphatic rings. The van der Waals surface area contributed by atoms with Crippen LogP contribution in [0, 0.1) is 0 Å². The SMILES string of the molecule is O=C(O)C(F)(F)Cc1ccc(-n2cccn2)cc1. The van der Waals surface area contributed by atoms with Gasteiger partial charge in [-0.1, -0.05) is 12.1 Å². The molecule has 0 radical (unpaired) electrons. The maximum absolute atomic E-state index is 13.0. The highest BCUT2D eigenvalue weighted by Gasteiger charge is 2.38. The van der Waals surface area contributed by atoms with Crippen LogP contribution < -0.4 is 0 Å². The van der Waals surface area contributed by atoms with Gasteiger partial charge in [0.15, 0.2) is 0 Å². The fourth-order valence-electron chi connectivity index (χ4n) is 1.52. The zero-order valence-corrected chi connectivity index (χ0v) is 9.25. The first-order valence-corrected chi connectivity index (χ1v) is 5.19. The molecule has 0 bridgehead atoms. The summed E-state index contributed by atoms with van der Waals surface area (Å²) in [6.07, 6.45) is 2.51. The molecule has 94 valence electrons. The van der Waals surface area contributed by atoms with Gasteiger partial charge in [0.25, 0.3) is 0 Å². The van der Waals surface area contributed by atoms with E-state index in [0.717, 1.165) is 5.69 Å². The molecule has 0 atom stereocenters. The number of halogens is 2. The lowest BCUT2D eigenvalue weighted by Crippen LogP contribution is -2.30. The van der Waals surface area contributed by atoms with Crippen LogP contribution in [0.4, 0.5) is 8.78 Å². The van der Waals surface area contributed by atoms with Crippen LogP contribution in [0.5, 0.6) is 0 Å². The normalized spacial score (nSPS) is 11.4. The Hall–Kier alpha value is -2.24. The minimum Gasteiger partial charge on any atom is -0.477 e. The molecular formula is C12H10F2N2O2. The Morgan fingerprint density at radius 1 is 1.33 bits per heavy atom. The number of hydrogen-bond donors (Lipinski definition) is 1. The van der Waals surface area contributed by atoms with Gasteiger partial charge >= 0.3 is 11.9 Å². The van der Waals surface area contributed by atoms with Crippen molar-refractivity contribution in [3.8, 4) is 5.69 Å². The first-order chi connectivity index (χ1) is 8.49. The van der Waals surface area contributed by atoms with Crippen molar-refractivity contribution in [1.29, 1.82) is 0 Å². The highest BCUT2D eigenvalue weighted by molar-refractivity contribution is 5.75. The molecule has 1 N–H and O–H groups in total. The van der Waals surface area contributed by atoms with Crippen molar-refractivity contribution in [2.75, 3.05) is 0 Å². The van der Waals surface area contributed by atoms with Gasteiger partial charge < -0.3 is 5.11 Å². The number of carboxylic acid groups (broad SMARTS) is 1. The maximum Gasteiger partial charge on any atom is 0.374 e. The summed E-state index contributed by atoms with van der Waals surface area (Å²) in [5, 5.41) is 12.3. The zero-order chi connectivity index (χ0) is 13.2. The van der Waals surface area contributed by atoms with Crippen LogP contribution in [0.3, 0.4) is 0 Å². The van der Waals surface area contributed by atoms with Gasteiger partial charge in [0.1, 0.15) is 0 Å². The van der Waals surface area contributed by atoms with Crippen molar-refractivity contribution in [3.63, 3.8) is 0 Å². The predicted molar refractivity (Wildman–Crippen MR) is 59.9 cm³/mol. The quantitative estimate of drug-likeness (QED) is 0.906. The molecule has 1 aromatic heterocycles. The number of aliphatic carboxylic acids is 1. The van der Waals surface area contributed by atoms with E-state index in [1.165, 1.54) is 12.1 Å². The van der Waals surface area contributed by atoms with E-state index in [2.05, 4.69) is 5.10 Å². The summed E-state index contributed by atoms with van der Waals surface area (Å²) in [6.45, 7) is 0. The van der Waals surface area contributed by atoms with Gasteiger partial charge in [0.2, 0.25) is 0 Å². The molecule has 2 aromatic rings. The van der Waals surface area contributed by atoms with Crippen LogP contribution in [0.2, 0.25) is 0 Å². The van der Waals surface area contributed by atoms with E-state index in [9.17, 15) is 13.6 Å². The van der Waals surface area contributed by atoms with E-state index in [1.807, 2.05) is 0 Å². The van der Waals surface area contributed by atoms with Crippen LogP contribution in [0.15, 0.2) is 42.7 Å².